The number of carbonyl (C=O) groups is 2. The molecule has 1 atom stereocenters. The van der Waals surface area contributed by atoms with Gasteiger partial charge in [0.05, 0.1) is 17.1 Å². The van der Waals surface area contributed by atoms with Crippen molar-refractivity contribution in [2.24, 2.45) is 5.92 Å². The molecule has 8 heteroatoms. The number of ether oxygens (including phenoxy) is 1. The fraction of sp³-hybridized carbons (Fsp3) is 0.667. The van der Waals surface area contributed by atoms with E-state index in [0.29, 0.717) is 19.0 Å². The second-order valence-electron chi connectivity index (χ2n) is 9.17. The van der Waals surface area contributed by atoms with Crippen molar-refractivity contribution in [3.8, 4) is 0 Å². The van der Waals surface area contributed by atoms with E-state index in [1.54, 1.807) is 18.1 Å². The average molecular weight is 464 g/mol. The second kappa shape index (κ2) is 11.3. The van der Waals surface area contributed by atoms with E-state index < -0.39 is 11.0 Å². The lowest BCUT2D eigenvalue weighted by Crippen LogP contribution is -2.40. The topological polar surface area (TPSA) is 70.2 Å². The van der Waals surface area contributed by atoms with Crippen LogP contribution in [0.2, 0.25) is 0 Å². The van der Waals surface area contributed by atoms with Crippen molar-refractivity contribution in [1.29, 1.82) is 0 Å². The third kappa shape index (κ3) is 6.54. The number of hydrogen-bond donors (Lipinski definition) is 0. The Bertz CT molecular complexity index is 837. The van der Waals surface area contributed by atoms with Crippen LogP contribution in [0.4, 0.5) is 10.5 Å². The highest BCUT2D eigenvalue weighted by Crippen LogP contribution is 2.27. The van der Waals surface area contributed by atoms with Crippen LogP contribution in [-0.2, 0) is 33.5 Å². The van der Waals surface area contributed by atoms with Gasteiger partial charge in [0.25, 0.3) is 0 Å². The number of anilines is 1. The molecule has 0 aliphatic carbocycles. The lowest BCUT2D eigenvalue weighted by atomic mass is 9.92. The maximum atomic E-state index is 12.4. The Kier molecular flexibility index (Phi) is 8.71. The molecule has 0 radical (unpaired) electrons. The molecule has 0 saturated carbocycles. The molecular formula is C24H37N3O4S. The van der Waals surface area contributed by atoms with Crippen molar-refractivity contribution in [3.05, 3.63) is 29.3 Å². The van der Waals surface area contributed by atoms with Crippen LogP contribution in [0, 0.1) is 5.92 Å². The summed E-state index contributed by atoms with van der Waals surface area (Å²) in [7, 11) is -0.955. The molecule has 1 saturated heterocycles. The predicted octanol–water partition coefficient (Wildman–Crippen LogP) is 3.73. The highest BCUT2D eigenvalue weighted by molar-refractivity contribution is 7.81. The Morgan fingerprint density at radius 2 is 1.91 bits per heavy atom. The van der Waals surface area contributed by atoms with Crippen LogP contribution in [0.15, 0.2) is 18.2 Å². The Morgan fingerprint density at radius 3 is 2.53 bits per heavy atom. The maximum absolute atomic E-state index is 12.4. The largest absolute Gasteiger partial charge is 0.447 e. The van der Waals surface area contributed by atoms with Gasteiger partial charge in [0, 0.05) is 51.6 Å². The fourth-order valence-electron chi connectivity index (χ4n) is 4.59. The smallest absolute Gasteiger partial charge is 0.410 e. The third-order valence-corrected chi connectivity index (χ3v) is 7.46. The summed E-state index contributed by atoms with van der Waals surface area (Å²) < 4.78 is 19.0. The number of fused-ring (bicyclic) bond motifs is 1. The minimum absolute atomic E-state index is 0.0586. The summed E-state index contributed by atoms with van der Waals surface area (Å²) >= 11 is 0. The van der Waals surface area contributed by atoms with Gasteiger partial charge in [-0.1, -0.05) is 6.07 Å². The predicted molar refractivity (Wildman–Crippen MR) is 128 cm³/mol. The zero-order valence-electron chi connectivity index (χ0n) is 19.8. The number of hydrogen-bond acceptors (Lipinski definition) is 4. The first kappa shape index (κ1) is 24.7. The molecule has 0 bridgehead atoms. The van der Waals surface area contributed by atoms with E-state index in [1.807, 2.05) is 29.1 Å². The van der Waals surface area contributed by atoms with Crippen LogP contribution in [0.1, 0.15) is 57.6 Å². The summed E-state index contributed by atoms with van der Waals surface area (Å²) in [5.41, 5.74) is 3.39. The number of piperidine rings is 1. The first-order valence-electron chi connectivity index (χ1n) is 11.7. The lowest BCUT2D eigenvalue weighted by Gasteiger charge is -2.32. The number of likely N-dealkylation sites (tertiary alicyclic amines) is 1. The highest BCUT2D eigenvalue weighted by Gasteiger charge is 2.25. The van der Waals surface area contributed by atoms with Crippen LogP contribution in [0.5, 0.6) is 0 Å². The van der Waals surface area contributed by atoms with Crippen molar-refractivity contribution < 1.29 is 18.5 Å². The molecular weight excluding hydrogens is 426 g/mol. The minimum Gasteiger partial charge on any atom is -0.447 e. The molecule has 0 spiro atoms. The standard InChI is InChI=1S/C24H37N3O4S/c1-18(2)31-24(29)25-13-9-20(10-14-25)6-5-12-27(19(3)28)23-8-7-22-17-26(32(4)30)15-11-21(22)16-23/h7-8,16,18,20H,5-6,9-15,17H2,1-4H3. The summed E-state index contributed by atoms with van der Waals surface area (Å²) in [5, 5.41) is 0. The second-order valence-corrected chi connectivity index (χ2v) is 10.5. The van der Waals surface area contributed by atoms with Crippen LogP contribution in [-0.4, -0.2) is 64.0 Å². The molecule has 7 nitrogen and oxygen atoms in total. The number of amides is 2. The SMILES string of the molecule is CC(=O)N(CCCC1CCN(C(=O)OC(C)C)CC1)c1ccc2c(c1)CCN(S(C)=O)C2. The number of nitrogens with zero attached hydrogens (tertiary/aromatic N) is 3. The van der Waals surface area contributed by atoms with E-state index in [1.165, 1.54) is 11.1 Å². The van der Waals surface area contributed by atoms with Gasteiger partial charge in [0.15, 0.2) is 0 Å². The van der Waals surface area contributed by atoms with Crippen LogP contribution < -0.4 is 4.90 Å². The Labute approximate surface area is 194 Å². The molecule has 2 aliphatic rings. The van der Waals surface area contributed by atoms with Crippen molar-refractivity contribution >= 4 is 28.7 Å². The van der Waals surface area contributed by atoms with Gasteiger partial charge >= 0.3 is 6.09 Å². The van der Waals surface area contributed by atoms with Gasteiger partial charge in [-0.25, -0.2) is 13.3 Å². The fourth-order valence-corrected chi connectivity index (χ4v) is 5.26. The molecule has 1 aromatic rings. The first-order valence-corrected chi connectivity index (χ1v) is 13.2. The summed E-state index contributed by atoms with van der Waals surface area (Å²) in [6, 6.07) is 6.22. The average Bonchev–Trinajstić information content (AvgIpc) is 2.75. The summed E-state index contributed by atoms with van der Waals surface area (Å²) in [4.78, 5) is 28.1. The summed E-state index contributed by atoms with van der Waals surface area (Å²) in [6.45, 7) is 9.04. The van der Waals surface area contributed by atoms with Gasteiger partial charge < -0.3 is 14.5 Å². The van der Waals surface area contributed by atoms with Crippen molar-refractivity contribution in [1.82, 2.24) is 9.21 Å². The zero-order chi connectivity index (χ0) is 23.3. The lowest BCUT2D eigenvalue weighted by molar-refractivity contribution is -0.116. The van der Waals surface area contributed by atoms with Gasteiger partial charge in [-0.3, -0.25) is 4.79 Å². The first-order chi connectivity index (χ1) is 15.2. The molecule has 0 aromatic heterocycles. The van der Waals surface area contributed by atoms with Gasteiger partial charge in [-0.15, -0.1) is 0 Å². The van der Waals surface area contributed by atoms with E-state index in [4.69, 9.17) is 4.74 Å². The molecule has 2 heterocycles. The van der Waals surface area contributed by atoms with Crippen molar-refractivity contribution in [3.63, 3.8) is 0 Å². The van der Waals surface area contributed by atoms with E-state index in [0.717, 1.165) is 57.4 Å². The Hall–Kier alpha value is -1.93. The van der Waals surface area contributed by atoms with E-state index in [2.05, 4.69) is 12.1 Å². The zero-order valence-corrected chi connectivity index (χ0v) is 20.7. The highest BCUT2D eigenvalue weighted by atomic mass is 32.2. The maximum Gasteiger partial charge on any atom is 0.410 e. The van der Waals surface area contributed by atoms with E-state index >= 15 is 0 Å². The number of rotatable bonds is 7. The van der Waals surface area contributed by atoms with Gasteiger partial charge in [-0.2, -0.15) is 0 Å². The molecule has 1 fully saturated rings. The van der Waals surface area contributed by atoms with Crippen LogP contribution in [0.3, 0.4) is 0 Å². The number of benzene rings is 1. The molecule has 1 aromatic carbocycles. The van der Waals surface area contributed by atoms with Gasteiger partial charge in [-0.05, 0) is 75.1 Å². The van der Waals surface area contributed by atoms with Crippen molar-refractivity contribution in [2.45, 2.75) is 65.5 Å². The normalized spacial score (nSPS) is 18.3. The molecule has 2 aliphatic heterocycles. The van der Waals surface area contributed by atoms with Crippen molar-refractivity contribution in [2.75, 3.05) is 37.3 Å². The van der Waals surface area contributed by atoms with E-state index in [-0.39, 0.29) is 18.1 Å². The summed E-state index contributed by atoms with van der Waals surface area (Å²) in [5.74, 6) is 0.639. The minimum atomic E-state index is -0.955. The number of carbonyl (C=O) groups excluding carboxylic acids is 2. The summed E-state index contributed by atoms with van der Waals surface area (Å²) in [6.07, 6.45) is 6.25. The molecule has 1 unspecified atom stereocenters. The van der Waals surface area contributed by atoms with E-state index in [9.17, 15) is 13.8 Å². The molecule has 0 N–H and O–H groups in total. The Balaban J connectivity index is 1.50. The van der Waals surface area contributed by atoms with Gasteiger partial charge in [0.2, 0.25) is 5.91 Å². The molecule has 32 heavy (non-hydrogen) atoms. The molecule has 178 valence electrons. The Morgan fingerprint density at radius 1 is 1.19 bits per heavy atom. The third-order valence-electron chi connectivity index (χ3n) is 6.43. The monoisotopic (exact) mass is 463 g/mol. The molecule has 2 amide bonds. The quantitative estimate of drug-likeness (QED) is 0.618. The van der Waals surface area contributed by atoms with Crippen LogP contribution >= 0.6 is 0 Å². The van der Waals surface area contributed by atoms with Gasteiger partial charge in [0.1, 0.15) is 0 Å². The van der Waals surface area contributed by atoms with Crippen LogP contribution in [0.25, 0.3) is 0 Å². The molecule has 3 rings (SSSR count).